The third kappa shape index (κ3) is 4.32. The van der Waals surface area contributed by atoms with E-state index in [0.717, 1.165) is 11.3 Å². The van der Waals surface area contributed by atoms with Gasteiger partial charge in [-0.3, -0.25) is 9.59 Å². The van der Waals surface area contributed by atoms with Crippen LogP contribution in [0.1, 0.15) is 12.0 Å². The Morgan fingerprint density at radius 3 is 2.48 bits per heavy atom. The second-order valence-electron chi connectivity index (χ2n) is 5.22. The van der Waals surface area contributed by atoms with Gasteiger partial charge in [-0.1, -0.05) is 24.3 Å². The summed E-state index contributed by atoms with van der Waals surface area (Å²) in [6.07, 6.45) is -0.234. The zero-order valence-corrected chi connectivity index (χ0v) is 13.5. The van der Waals surface area contributed by atoms with E-state index in [2.05, 4.69) is 5.32 Å². The van der Waals surface area contributed by atoms with Gasteiger partial charge in [-0.2, -0.15) is 0 Å². The molecule has 0 aliphatic heterocycles. The molecule has 120 valence electrons. The molecule has 0 aliphatic carbocycles. The van der Waals surface area contributed by atoms with E-state index >= 15 is 0 Å². The van der Waals surface area contributed by atoms with Crippen molar-refractivity contribution in [2.45, 2.75) is 13.3 Å². The standard InChI is InChI=1S/C18H20N2O3/c1-13-9-10-16(23-3)15(11-13)19-17(21)12-18(22)20(2)14-7-5-4-6-8-14/h4-11H,12H2,1-3H3,(H,19,21). The van der Waals surface area contributed by atoms with Crippen molar-refractivity contribution in [2.24, 2.45) is 0 Å². The highest BCUT2D eigenvalue weighted by Crippen LogP contribution is 2.25. The molecule has 5 heteroatoms. The number of aryl methyl sites for hydroxylation is 1. The van der Waals surface area contributed by atoms with Gasteiger partial charge in [0.05, 0.1) is 12.8 Å². The van der Waals surface area contributed by atoms with Gasteiger partial charge in [0.2, 0.25) is 11.8 Å². The number of benzene rings is 2. The van der Waals surface area contributed by atoms with E-state index in [1.165, 1.54) is 12.0 Å². The van der Waals surface area contributed by atoms with Gasteiger partial charge in [-0.05, 0) is 36.8 Å². The third-order valence-electron chi connectivity index (χ3n) is 3.46. The predicted octanol–water partition coefficient (Wildman–Crippen LogP) is 3.00. The molecule has 0 bridgehead atoms. The van der Waals surface area contributed by atoms with E-state index in [1.54, 1.807) is 13.1 Å². The third-order valence-corrected chi connectivity index (χ3v) is 3.46. The van der Waals surface area contributed by atoms with Crippen molar-refractivity contribution in [3.63, 3.8) is 0 Å². The van der Waals surface area contributed by atoms with Crippen molar-refractivity contribution < 1.29 is 14.3 Å². The minimum Gasteiger partial charge on any atom is -0.495 e. The Morgan fingerprint density at radius 2 is 1.83 bits per heavy atom. The zero-order valence-electron chi connectivity index (χ0n) is 13.5. The lowest BCUT2D eigenvalue weighted by molar-refractivity contribution is -0.125. The van der Waals surface area contributed by atoms with Gasteiger partial charge in [0.25, 0.3) is 0 Å². The van der Waals surface area contributed by atoms with Crippen LogP contribution in [0, 0.1) is 6.92 Å². The number of carbonyl (C=O) groups excluding carboxylic acids is 2. The number of hydrogen-bond donors (Lipinski definition) is 1. The molecule has 2 rings (SSSR count). The second-order valence-corrected chi connectivity index (χ2v) is 5.22. The molecule has 0 atom stereocenters. The number of anilines is 2. The monoisotopic (exact) mass is 312 g/mol. The van der Waals surface area contributed by atoms with Crippen molar-refractivity contribution in [1.29, 1.82) is 0 Å². The highest BCUT2D eigenvalue weighted by Gasteiger charge is 2.16. The Morgan fingerprint density at radius 1 is 1.13 bits per heavy atom. The first-order valence-electron chi connectivity index (χ1n) is 7.27. The summed E-state index contributed by atoms with van der Waals surface area (Å²) in [5.74, 6) is -0.0881. The number of nitrogens with zero attached hydrogens (tertiary/aromatic N) is 1. The molecule has 0 unspecified atom stereocenters. The molecule has 2 aromatic rings. The van der Waals surface area contributed by atoms with Crippen LogP contribution in [0.2, 0.25) is 0 Å². The van der Waals surface area contributed by atoms with E-state index in [4.69, 9.17) is 4.74 Å². The SMILES string of the molecule is COc1ccc(C)cc1NC(=O)CC(=O)N(C)c1ccccc1. The van der Waals surface area contributed by atoms with E-state index < -0.39 is 0 Å². The van der Waals surface area contributed by atoms with Gasteiger partial charge in [-0.25, -0.2) is 0 Å². The molecule has 23 heavy (non-hydrogen) atoms. The van der Waals surface area contributed by atoms with Gasteiger partial charge < -0.3 is 15.0 Å². The fourth-order valence-corrected chi connectivity index (χ4v) is 2.17. The summed E-state index contributed by atoms with van der Waals surface area (Å²) >= 11 is 0. The summed E-state index contributed by atoms with van der Waals surface area (Å²) in [6, 6.07) is 14.7. The normalized spacial score (nSPS) is 10.0. The minimum absolute atomic E-state index is 0.234. The summed E-state index contributed by atoms with van der Waals surface area (Å²) in [7, 11) is 3.19. The first-order chi connectivity index (χ1) is 11.0. The number of amides is 2. The molecule has 0 fully saturated rings. The zero-order chi connectivity index (χ0) is 16.8. The molecule has 5 nitrogen and oxygen atoms in total. The lowest BCUT2D eigenvalue weighted by Crippen LogP contribution is -2.30. The van der Waals surface area contributed by atoms with Crippen LogP contribution in [0.15, 0.2) is 48.5 Å². The topological polar surface area (TPSA) is 58.6 Å². The Bertz CT molecular complexity index is 699. The number of ether oxygens (including phenoxy) is 1. The maximum absolute atomic E-state index is 12.2. The molecular formula is C18H20N2O3. The van der Waals surface area contributed by atoms with Crippen molar-refractivity contribution in [1.82, 2.24) is 0 Å². The number of para-hydroxylation sites is 1. The average molecular weight is 312 g/mol. The first kappa shape index (κ1) is 16.5. The quantitative estimate of drug-likeness (QED) is 0.864. The summed E-state index contributed by atoms with van der Waals surface area (Å²) < 4.78 is 5.21. The lowest BCUT2D eigenvalue weighted by Gasteiger charge is -2.17. The molecule has 0 heterocycles. The van der Waals surface area contributed by atoms with Crippen molar-refractivity contribution in [2.75, 3.05) is 24.4 Å². The van der Waals surface area contributed by atoms with Crippen LogP contribution < -0.4 is 15.0 Å². The Hall–Kier alpha value is -2.82. The van der Waals surface area contributed by atoms with Gasteiger partial charge in [-0.15, -0.1) is 0 Å². The van der Waals surface area contributed by atoms with Crippen LogP contribution in [0.25, 0.3) is 0 Å². The van der Waals surface area contributed by atoms with Gasteiger partial charge in [0, 0.05) is 12.7 Å². The largest absolute Gasteiger partial charge is 0.495 e. The molecule has 1 N–H and O–H groups in total. The van der Waals surface area contributed by atoms with E-state index in [0.29, 0.717) is 11.4 Å². The molecule has 2 amide bonds. The van der Waals surface area contributed by atoms with E-state index in [-0.39, 0.29) is 18.2 Å². The second kappa shape index (κ2) is 7.45. The number of methoxy groups -OCH3 is 1. The van der Waals surface area contributed by atoms with E-state index in [9.17, 15) is 9.59 Å². The molecular weight excluding hydrogens is 292 g/mol. The Kier molecular flexibility index (Phi) is 5.36. The maximum atomic E-state index is 12.2. The van der Waals surface area contributed by atoms with Crippen LogP contribution in [-0.2, 0) is 9.59 Å². The lowest BCUT2D eigenvalue weighted by atomic mass is 10.2. The summed E-state index contributed by atoms with van der Waals surface area (Å²) in [5, 5.41) is 2.73. The average Bonchev–Trinajstić information content (AvgIpc) is 2.55. The molecule has 0 spiro atoms. The molecule has 0 saturated carbocycles. The highest BCUT2D eigenvalue weighted by atomic mass is 16.5. The van der Waals surface area contributed by atoms with Crippen LogP contribution in [-0.4, -0.2) is 26.0 Å². The Labute approximate surface area is 135 Å². The number of carbonyl (C=O) groups is 2. The number of rotatable bonds is 5. The summed E-state index contributed by atoms with van der Waals surface area (Å²) in [4.78, 5) is 25.8. The van der Waals surface area contributed by atoms with Crippen LogP contribution in [0.5, 0.6) is 5.75 Å². The smallest absolute Gasteiger partial charge is 0.236 e. The fourth-order valence-electron chi connectivity index (χ4n) is 2.17. The molecule has 0 radical (unpaired) electrons. The summed E-state index contributed by atoms with van der Waals surface area (Å²) in [5.41, 5.74) is 2.31. The fraction of sp³-hybridized carbons (Fsp3) is 0.222. The van der Waals surface area contributed by atoms with Crippen LogP contribution >= 0.6 is 0 Å². The maximum Gasteiger partial charge on any atom is 0.236 e. The Balaban J connectivity index is 2.02. The van der Waals surface area contributed by atoms with Gasteiger partial charge in [0.15, 0.2) is 0 Å². The van der Waals surface area contributed by atoms with Gasteiger partial charge >= 0.3 is 0 Å². The first-order valence-corrected chi connectivity index (χ1v) is 7.27. The minimum atomic E-state index is -0.373. The predicted molar refractivity (Wildman–Crippen MR) is 90.8 cm³/mol. The molecule has 2 aromatic carbocycles. The van der Waals surface area contributed by atoms with Crippen molar-refractivity contribution in [3.8, 4) is 5.75 Å². The van der Waals surface area contributed by atoms with Crippen LogP contribution in [0.3, 0.4) is 0 Å². The highest BCUT2D eigenvalue weighted by molar-refractivity contribution is 6.09. The number of nitrogens with one attached hydrogen (secondary N) is 1. The number of hydrogen-bond acceptors (Lipinski definition) is 3. The summed E-state index contributed by atoms with van der Waals surface area (Å²) in [6.45, 7) is 1.92. The van der Waals surface area contributed by atoms with Crippen molar-refractivity contribution >= 4 is 23.2 Å². The van der Waals surface area contributed by atoms with Gasteiger partial charge in [0.1, 0.15) is 12.2 Å². The van der Waals surface area contributed by atoms with Crippen molar-refractivity contribution in [3.05, 3.63) is 54.1 Å². The van der Waals surface area contributed by atoms with Crippen LogP contribution in [0.4, 0.5) is 11.4 Å². The molecule has 0 saturated heterocycles. The molecule has 0 aromatic heterocycles. The van der Waals surface area contributed by atoms with E-state index in [1.807, 2.05) is 49.4 Å². The molecule has 0 aliphatic rings.